The number of aliphatic imine (C=N–C) groups is 1. The number of aromatic nitrogens is 3. The van der Waals surface area contributed by atoms with Crippen LogP contribution in [-0.2, 0) is 4.79 Å². The SMILES string of the molecule is CC(C)(C)C(=O)Nc1cncc(-c2ccc3c(c2)C(c2nc4c([nH]2)C=CC=CN4)=NCN3)c1. The Morgan fingerprint density at radius 3 is 2.82 bits per heavy atom. The summed E-state index contributed by atoms with van der Waals surface area (Å²) in [5, 5.41) is 9.45. The number of amides is 1. The van der Waals surface area contributed by atoms with E-state index in [0.29, 0.717) is 18.2 Å². The number of hydrogen-bond donors (Lipinski definition) is 4. The highest BCUT2D eigenvalue weighted by Gasteiger charge is 2.23. The van der Waals surface area contributed by atoms with Crippen molar-refractivity contribution in [3.63, 3.8) is 0 Å². The Morgan fingerprint density at radius 1 is 1.09 bits per heavy atom. The Hall–Kier alpha value is -4.20. The Morgan fingerprint density at radius 2 is 1.97 bits per heavy atom. The summed E-state index contributed by atoms with van der Waals surface area (Å²) in [6.07, 6.45) is 11.1. The molecule has 5 rings (SSSR count). The number of pyridine rings is 1. The van der Waals surface area contributed by atoms with Crippen LogP contribution in [0.5, 0.6) is 0 Å². The first kappa shape index (κ1) is 20.7. The lowest BCUT2D eigenvalue weighted by atomic mass is 9.95. The number of imidazole rings is 1. The molecule has 1 amide bonds. The molecule has 0 aliphatic carbocycles. The summed E-state index contributed by atoms with van der Waals surface area (Å²) < 4.78 is 0. The number of hydrogen-bond acceptors (Lipinski definition) is 6. The third-order valence-electron chi connectivity index (χ3n) is 5.44. The molecule has 0 bridgehead atoms. The van der Waals surface area contributed by atoms with E-state index < -0.39 is 5.41 Å². The second-order valence-electron chi connectivity index (χ2n) is 8.98. The van der Waals surface area contributed by atoms with E-state index in [2.05, 4.69) is 32.0 Å². The molecule has 0 radical (unpaired) electrons. The number of carbonyl (C=O) groups is 1. The molecule has 0 spiro atoms. The lowest BCUT2D eigenvalue weighted by Gasteiger charge is -2.19. The van der Waals surface area contributed by atoms with Gasteiger partial charge in [0.15, 0.2) is 11.6 Å². The molecule has 8 nitrogen and oxygen atoms in total. The molecule has 166 valence electrons. The normalized spacial score (nSPS) is 14.3. The van der Waals surface area contributed by atoms with Crippen LogP contribution in [0.15, 0.2) is 60.0 Å². The molecule has 4 N–H and O–H groups in total. The van der Waals surface area contributed by atoms with Crippen molar-refractivity contribution in [3.8, 4) is 11.1 Å². The fourth-order valence-corrected chi connectivity index (χ4v) is 3.61. The molecule has 2 aliphatic heterocycles. The number of aromatic amines is 1. The minimum Gasteiger partial charge on any atom is -0.366 e. The van der Waals surface area contributed by atoms with Crippen molar-refractivity contribution in [2.45, 2.75) is 20.8 Å². The molecule has 0 atom stereocenters. The van der Waals surface area contributed by atoms with E-state index in [4.69, 9.17) is 9.98 Å². The predicted octanol–water partition coefficient (Wildman–Crippen LogP) is 4.63. The quantitative estimate of drug-likeness (QED) is 0.476. The molecule has 8 heteroatoms. The van der Waals surface area contributed by atoms with Crippen molar-refractivity contribution in [1.82, 2.24) is 15.0 Å². The van der Waals surface area contributed by atoms with Crippen molar-refractivity contribution in [3.05, 3.63) is 72.1 Å². The molecule has 1 aromatic carbocycles. The van der Waals surface area contributed by atoms with Crippen LogP contribution in [0, 0.1) is 5.41 Å². The van der Waals surface area contributed by atoms with Gasteiger partial charge in [-0.05, 0) is 35.9 Å². The number of benzene rings is 1. The molecule has 33 heavy (non-hydrogen) atoms. The average molecular weight is 440 g/mol. The predicted molar refractivity (Wildman–Crippen MR) is 132 cm³/mol. The second-order valence-corrected chi connectivity index (χ2v) is 8.98. The number of nitrogens with zero attached hydrogens (tertiary/aromatic N) is 3. The highest BCUT2D eigenvalue weighted by Crippen LogP contribution is 2.31. The highest BCUT2D eigenvalue weighted by molar-refractivity contribution is 6.15. The van der Waals surface area contributed by atoms with Crippen LogP contribution in [0.2, 0.25) is 0 Å². The maximum absolute atomic E-state index is 12.4. The van der Waals surface area contributed by atoms with Crippen molar-refractivity contribution in [2.24, 2.45) is 10.4 Å². The molecule has 4 heterocycles. The van der Waals surface area contributed by atoms with E-state index >= 15 is 0 Å². The largest absolute Gasteiger partial charge is 0.366 e. The number of carbonyl (C=O) groups excluding carboxylic acids is 1. The molecule has 0 unspecified atom stereocenters. The van der Waals surface area contributed by atoms with Crippen LogP contribution in [0.3, 0.4) is 0 Å². The number of fused-ring (bicyclic) bond motifs is 2. The lowest BCUT2D eigenvalue weighted by molar-refractivity contribution is -0.123. The third-order valence-corrected chi connectivity index (χ3v) is 5.44. The van der Waals surface area contributed by atoms with Crippen molar-refractivity contribution < 1.29 is 4.79 Å². The van der Waals surface area contributed by atoms with Gasteiger partial charge in [-0.1, -0.05) is 32.9 Å². The van der Waals surface area contributed by atoms with Gasteiger partial charge in [0, 0.05) is 34.6 Å². The topological polar surface area (TPSA) is 107 Å². The molecule has 0 fully saturated rings. The lowest BCUT2D eigenvalue weighted by Crippen LogP contribution is -2.27. The van der Waals surface area contributed by atoms with Gasteiger partial charge in [0.05, 0.1) is 17.6 Å². The summed E-state index contributed by atoms with van der Waals surface area (Å²) in [4.78, 5) is 29.5. The van der Waals surface area contributed by atoms with Gasteiger partial charge < -0.3 is 20.9 Å². The van der Waals surface area contributed by atoms with Gasteiger partial charge in [0.1, 0.15) is 12.4 Å². The van der Waals surface area contributed by atoms with Crippen LogP contribution in [0.4, 0.5) is 17.2 Å². The zero-order chi connectivity index (χ0) is 23.0. The fraction of sp³-hybridized carbons (Fsp3) is 0.200. The van der Waals surface area contributed by atoms with Gasteiger partial charge in [0.25, 0.3) is 0 Å². The second kappa shape index (κ2) is 8.05. The van der Waals surface area contributed by atoms with E-state index in [1.165, 1.54) is 0 Å². The number of allylic oxidation sites excluding steroid dienone is 2. The Balaban J connectivity index is 1.49. The van der Waals surface area contributed by atoms with Gasteiger partial charge in [-0.2, -0.15) is 0 Å². The van der Waals surface area contributed by atoms with Crippen LogP contribution >= 0.6 is 0 Å². The maximum atomic E-state index is 12.4. The first-order valence-corrected chi connectivity index (χ1v) is 10.8. The van der Waals surface area contributed by atoms with Gasteiger partial charge in [-0.25, -0.2) is 4.98 Å². The maximum Gasteiger partial charge on any atom is 0.229 e. The van der Waals surface area contributed by atoms with E-state index in [-0.39, 0.29) is 5.91 Å². The summed E-state index contributed by atoms with van der Waals surface area (Å²) in [5.74, 6) is 1.41. The zero-order valence-corrected chi connectivity index (χ0v) is 18.7. The van der Waals surface area contributed by atoms with Gasteiger partial charge in [-0.15, -0.1) is 0 Å². The van der Waals surface area contributed by atoms with Gasteiger partial charge in [0.2, 0.25) is 5.91 Å². The Labute approximate surface area is 192 Å². The minimum atomic E-state index is -0.486. The number of H-pyrrole nitrogens is 1. The first-order chi connectivity index (χ1) is 15.9. The molecular weight excluding hydrogens is 414 g/mol. The summed E-state index contributed by atoms with van der Waals surface area (Å²) in [6, 6.07) is 8.08. The molecule has 0 saturated carbocycles. The third kappa shape index (κ3) is 4.15. The standard InChI is InChI=1S/C25H25N7O/c1-25(2,3)24(33)30-17-10-16(12-26-13-17)15-7-8-19-18(11-15)21(29-14-28-19)23-31-20-6-4-5-9-27-22(20)32-23/h4-13,27-28H,14H2,1-3H3,(H,30,33)(H,31,32). The first-order valence-electron chi connectivity index (χ1n) is 10.8. The van der Waals surface area contributed by atoms with E-state index in [9.17, 15) is 4.79 Å². The number of anilines is 3. The van der Waals surface area contributed by atoms with Crippen molar-refractivity contribution in [1.29, 1.82) is 0 Å². The highest BCUT2D eigenvalue weighted by atomic mass is 16.2. The molecule has 0 saturated heterocycles. The monoisotopic (exact) mass is 439 g/mol. The molecule has 2 aromatic heterocycles. The number of nitrogens with one attached hydrogen (secondary N) is 4. The number of rotatable bonds is 3. The van der Waals surface area contributed by atoms with Gasteiger partial charge >= 0.3 is 0 Å². The van der Waals surface area contributed by atoms with Crippen LogP contribution in [0.1, 0.15) is 37.9 Å². The average Bonchev–Trinajstić information content (AvgIpc) is 3.07. The van der Waals surface area contributed by atoms with Crippen LogP contribution in [-0.4, -0.2) is 33.2 Å². The minimum absolute atomic E-state index is 0.0550. The molecule has 3 aromatic rings. The van der Waals surface area contributed by atoms with E-state index in [0.717, 1.165) is 39.6 Å². The van der Waals surface area contributed by atoms with Gasteiger partial charge in [-0.3, -0.25) is 14.8 Å². The van der Waals surface area contributed by atoms with Crippen LogP contribution < -0.4 is 16.0 Å². The zero-order valence-electron chi connectivity index (χ0n) is 18.7. The Bertz CT molecular complexity index is 1320. The van der Waals surface area contributed by atoms with Crippen LogP contribution in [0.25, 0.3) is 17.2 Å². The molecular formula is C25H25N7O. The van der Waals surface area contributed by atoms with E-state index in [1.807, 2.05) is 63.4 Å². The summed E-state index contributed by atoms with van der Waals surface area (Å²) in [5.41, 5.74) is 5.69. The van der Waals surface area contributed by atoms with E-state index in [1.54, 1.807) is 12.4 Å². The van der Waals surface area contributed by atoms with Crippen molar-refractivity contribution >= 4 is 34.9 Å². The molecule has 2 aliphatic rings. The smallest absolute Gasteiger partial charge is 0.229 e. The fourth-order valence-electron chi connectivity index (χ4n) is 3.61. The summed E-state index contributed by atoms with van der Waals surface area (Å²) >= 11 is 0. The summed E-state index contributed by atoms with van der Waals surface area (Å²) in [7, 11) is 0. The summed E-state index contributed by atoms with van der Waals surface area (Å²) in [6.45, 7) is 6.12. The van der Waals surface area contributed by atoms with Crippen molar-refractivity contribution in [2.75, 3.05) is 22.6 Å². The Kier molecular flexibility index (Phi) is 5.05.